The van der Waals surface area contributed by atoms with Gasteiger partial charge in [-0.3, -0.25) is 0 Å². The summed E-state index contributed by atoms with van der Waals surface area (Å²) in [6.45, 7) is 2.12. The van der Waals surface area contributed by atoms with Crippen molar-refractivity contribution in [2.45, 2.75) is 18.8 Å². The van der Waals surface area contributed by atoms with Gasteiger partial charge in [-0.2, -0.15) is 0 Å². The van der Waals surface area contributed by atoms with Crippen LogP contribution in [0.15, 0.2) is 18.2 Å². The highest BCUT2D eigenvalue weighted by Crippen LogP contribution is 2.25. The third kappa shape index (κ3) is 3.41. The van der Waals surface area contributed by atoms with E-state index in [9.17, 15) is 4.79 Å². The number of likely N-dealkylation sites (tertiary alicyclic amines) is 1. The highest BCUT2D eigenvalue weighted by molar-refractivity contribution is 5.85. The second-order valence-electron chi connectivity index (χ2n) is 4.33. The van der Waals surface area contributed by atoms with Crippen LogP contribution in [-0.4, -0.2) is 41.1 Å². The van der Waals surface area contributed by atoms with Crippen LogP contribution in [0.5, 0.6) is 0 Å². The SMILES string of the molecule is CN1CCC(c2cccc(C(=O)O)n2)CC1.Cl. The number of hydrogen-bond donors (Lipinski definition) is 1. The fraction of sp³-hybridized carbons (Fsp3) is 0.500. The average Bonchev–Trinajstić information content (AvgIpc) is 2.30. The number of piperidine rings is 1. The minimum Gasteiger partial charge on any atom is -0.477 e. The fourth-order valence-electron chi connectivity index (χ4n) is 2.10. The second kappa shape index (κ2) is 5.98. The molecule has 1 aromatic heterocycles. The van der Waals surface area contributed by atoms with E-state index in [4.69, 9.17) is 5.11 Å². The summed E-state index contributed by atoms with van der Waals surface area (Å²) in [5.41, 5.74) is 1.07. The van der Waals surface area contributed by atoms with Gasteiger partial charge in [0.25, 0.3) is 0 Å². The predicted molar refractivity (Wildman–Crippen MR) is 67.9 cm³/mol. The summed E-state index contributed by atoms with van der Waals surface area (Å²) in [7, 11) is 2.11. The van der Waals surface area contributed by atoms with E-state index >= 15 is 0 Å². The summed E-state index contributed by atoms with van der Waals surface area (Å²) in [5.74, 6) is -0.537. The molecule has 5 heteroatoms. The first-order chi connectivity index (χ1) is 7.66. The van der Waals surface area contributed by atoms with Gasteiger partial charge in [0.1, 0.15) is 5.69 Å². The van der Waals surface area contributed by atoms with Gasteiger partial charge in [-0.15, -0.1) is 12.4 Å². The van der Waals surface area contributed by atoms with Crippen LogP contribution in [-0.2, 0) is 0 Å². The Balaban J connectivity index is 0.00000144. The van der Waals surface area contributed by atoms with Crippen molar-refractivity contribution in [1.82, 2.24) is 9.88 Å². The maximum atomic E-state index is 10.8. The van der Waals surface area contributed by atoms with Crippen LogP contribution in [0.3, 0.4) is 0 Å². The third-order valence-electron chi connectivity index (χ3n) is 3.13. The molecule has 4 nitrogen and oxygen atoms in total. The normalized spacial score (nSPS) is 17.5. The van der Waals surface area contributed by atoms with Crippen LogP contribution in [0.25, 0.3) is 0 Å². The molecule has 0 atom stereocenters. The molecule has 0 amide bonds. The molecule has 1 aromatic rings. The van der Waals surface area contributed by atoms with Crippen LogP contribution in [0.2, 0.25) is 0 Å². The van der Waals surface area contributed by atoms with E-state index in [1.165, 1.54) is 0 Å². The number of nitrogens with zero attached hydrogens (tertiary/aromatic N) is 2. The molecule has 0 unspecified atom stereocenters. The van der Waals surface area contributed by atoms with E-state index in [2.05, 4.69) is 16.9 Å². The monoisotopic (exact) mass is 256 g/mol. The van der Waals surface area contributed by atoms with Gasteiger partial charge in [0, 0.05) is 11.6 Å². The van der Waals surface area contributed by atoms with E-state index in [0.29, 0.717) is 5.92 Å². The van der Waals surface area contributed by atoms with Crippen LogP contribution < -0.4 is 0 Å². The Hall–Kier alpha value is -1.13. The van der Waals surface area contributed by atoms with Crippen LogP contribution in [0, 0.1) is 0 Å². The topological polar surface area (TPSA) is 53.4 Å². The van der Waals surface area contributed by atoms with Crippen molar-refractivity contribution in [2.75, 3.05) is 20.1 Å². The summed E-state index contributed by atoms with van der Waals surface area (Å²) in [5, 5.41) is 8.88. The van der Waals surface area contributed by atoms with Gasteiger partial charge >= 0.3 is 5.97 Å². The first kappa shape index (κ1) is 13.9. The van der Waals surface area contributed by atoms with Crippen molar-refractivity contribution < 1.29 is 9.90 Å². The second-order valence-corrected chi connectivity index (χ2v) is 4.33. The van der Waals surface area contributed by atoms with Crippen molar-refractivity contribution in [3.8, 4) is 0 Å². The molecule has 1 aliphatic heterocycles. The molecule has 0 aliphatic carbocycles. The molecular formula is C12H17ClN2O2. The van der Waals surface area contributed by atoms with Crippen LogP contribution in [0.1, 0.15) is 34.9 Å². The molecule has 0 spiro atoms. The summed E-state index contributed by atoms with van der Waals surface area (Å²) < 4.78 is 0. The highest BCUT2D eigenvalue weighted by Gasteiger charge is 2.20. The van der Waals surface area contributed by atoms with E-state index in [1.807, 2.05) is 6.07 Å². The molecule has 1 saturated heterocycles. The van der Waals surface area contributed by atoms with Crippen LogP contribution >= 0.6 is 12.4 Å². The van der Waals surface area contributed by atoms with Crippen molar-refractivity contribution in [1.29, 1.82) is 0 Å². The number of hydrogen-bond acceptors (Lipinski definition) is 3. The number of aromatic nitrogens is 1. The van der Waals surface area contributed by atoms with Gasteiger partial charge in [0.05, 0.1) is 0 Å². The molecule has 2 heterocycles. The number of aromatic carboxylic acids is 1. The predicted octanol–water partition coefficient (Wildman–Crippen LogP) is 2.01. The number of carboxylic acids is 1. The molecule has 0 radical (unpaired) electrons. The minimum atomic E-state index is -0.949. The lowest BCUT2D eigenvalue weighted by Crippen LogP contribution is -2.29. The smallest absolute Gasteiger partial charge is 0.354 e. The number of rotatable bonds is 2. The largest absolute Gasteiger partial charge is 0.477 e. The van der Waals surface area contributed by atoms with Crippen molar-refractivity contribution in [2.24, 2.45) is 0 Å². The van der Waals surface area contributed by atoms with Gasteiger partial charge in [0.2, 0.25) is 0 Å². The number of pyridine rings is 1. The zero-order valence-corrected chi connectivity index (χ0v) is 10.6. The average molecular weight is 257 g/mol. The Labute approximate surface area is 107 Å². The Kier molecular flexibility index (Phi) is 4.90. The van der Waals surface area contributed by atoms with Crippen molar-refractivity contribution in [3.63, 3.8) is 0 Å². The maximum Gasteiger partial charge on any atom is 0.354 e. The molecule has 0 aromatic carbocycles. The van der Waals surface area contributed by atoms with Gasteiger partial charge in [0.15, 0.2) is 0 Å². The van der Waals surface area contributed by atoms with Gasteiger partial charge in [-0.05, 0) is 45.1 Å². The summed E-state index contributed by atoms with van der Waals surface area (Å²) in [4.78, 5) is 17.3. The third-order valence-corrected chi connectivity index (χ3v) is 3.13. The number of halogens is 1. The fourth-order valence-corrected chi connectivity index (χ4v) is 2.10. The molecule has 0 bridgehead atoms. The Bertz CT molecular complexity index is 390. The number of carbonyl (C=O) groups is 1. The zero-order chi connectivity index (χ0) is 11.5. The van der Waals surface area contributed by atoms with E-state index in [0.717, 1.165) is 31.6 Å². The molecule has 1 N–H and O–H groups in total. The Morgan fingerprint density at radius 3 is 2.65 bits per heavy atom. The van der Waals surface area contributed by atoms with Gasteiger partial charge < -0.3 is 10.0 Å². The molecule has 1 aliphatic rings. The first-order valence-corrected chi connectivity index (χ1v) is 5.55. The van der Waals surface area contributed by atoms with E-state index in [1.54, 1.807) is 12.1 Å². The molecule has 94 valence electrons. The summed E-state index contributed by atoms with van der Waals surface area (Å²) >= 11 is 0. The summed E-state index contributed by atoms with van der Waals surface area (Å²) in [6, 6.07) is 5.26. The molecule has 0 saturated carbocycles. The van der Waals surface area contributed by atoms with Crippen LogP contribution in [0.4, 0.5) is 0 Å². The van der Waals surface area contributed by atoms with E-state index < -0.39 is 5.97 Å². The van der Waals surface area contributed by atoms with Crippen molar-refractivity contribution >= 4 is 18.4 Å². The standard InChI is InChI=1S/C12H16N2O2.ClH/c1-14-7-5-9(6-8-14)10-3-2-4-11(13-10)12(15)16;/h2-4,9H,5-8H2,1H3,(H,15,16);1H. The van der Waals surface area contributed by atoms with Gasteiger partial charge in [-0.25, -0.2) is 9.78 Å². The van der Waals surface area contributed by atoms with Crippen molar-refractivity contribution in [3.05, 3.63) is 29.6 Å². The highest BCUT2D eigenvalue weighted by atomic mass is 35.5. The molecule has 2 rings (SSSR count). The lowest BCUT2D eigenvalue weighted by atomic mass is 9.93. The van der Waals surface area contributed by atoms with Gasteiger partial charge in [-0.1, -0.05) is 6.07 Å². The quantitative estimate of drug-likeness (QED) is 0.880. The molecule has 1 fully saturated rings. The minimum absolute atomic E-state index is 0. The Morgan fingerprint density at radius 2 is 2.06 bits per heavy atom. The Morgan fingerprint density at radius 1 is 1.41 bits per heavy atom. The molecular weight excluding hydrogens is 240 g/mol. The summed E-state index contributed by atoms with van der Waals surface area (Å²) in [6.07, 6.45) is 2.12. The number of carboxylic acid groups (broad SMARTS) is 1. The zero-order valence-electron chi connectivity index (χ0n) is 9.80. The first-order valence-electron chi connectivity index (χ1n) is 5.55. The van der Waals surface area contributed by atoms with E-state index in [-0.39, 0.29) is 18.1 Å². The lowest BCUT2D eigenvalue weighted by Gasteiger charge is -2.28. The lowest BCUT2D eigenvalue weighted by molar-refractivity contribution is 0.0690. The maximum absolute atomic E-state index is 10.8. The molecule has 17 heavy (non-hydrogen) atoms.